The molecule has 0 aliphatic rings. The van der Waals surface area contributed by atoms with Gasteiger partial charge in [0.15, 0.2) is 5.78 Å². The number of carbonyl (C=O) groups excluding carboxylic acids is 1. The molecule has 0 aliphatic heterocycles. The van der Waals surface area contributed by atoms with E-state index in [4.69, 9.17) is 0 Å². The predicted octanol–water partition coefficient (Wildman–Crippen LogP) is 4.21. The minimum absolute atomic E-state index is 0.109. The number of Topliss-reactive ketones (excluding diaryl/α,β-unsaturated/α-hetero) is 1. The Hall–Kier alpha value is -1.18. The van der Waals surface area contributed by atoms with E-state index in [1.54, 1.807) is 0 Å². The van der Waals surface area contributed by atoms with Crippen molar-refractivity contribution in [3.8, 4) is 0 Å². The van der Waals surface area contributed by atoms with Crippen molar-refractivity contribution in [2.24, 2.45) is 10.8 Å². The van der Waals surface area contributed by atoms with Gasteiger partial charge in [-0.1, -0.05) is 41.5 Å². The second-order valence-electron chi connectivity index (χ2n) is 7.31. The molecule has 0 fully saturated rings. The van der Waals surface area contributed by atoms with Crippen LogP contribution in [-0.2, 0) is 6.42 Å². The van der Waals surface area contributed by atoms with E-state index in [0.29, 0.717) is 5.69 Å². The molecule has 2 nitrogen and oxygen atoms in total. The Kier molecular flexibility index (Phi) is 3.99. The average molecular weight is 247 g/mol. The maximum absolute atomic E-state index is 12.2. The number of pyridine rings is 1. The van der Waals surface area contributed by atoms with Crippen LogP contribution in [0.25, 0.3) is 0 Å². The molecule has 0 aromatic carbocycles. The summed E-state index contributed by atoms with van der Waals surface area (Å²) in [6, 6.07) is 1.97. The van der Waals surface area contributed by atoms with Gasteiger partial charge in [0.2, 0.25) is 0 Å². The highest BCUT2D eigenvalue weighted by atomic mass is 16.1. The van der Waals surface area contributed by atoms with Crippen molar-refractivity contribution in [1.82, 2.24) is 4.98 Å². The molecular weight excluding hydrogens is 222 g/mol. The summed E-state index contributed by atoms with van der Waals surface area (Å²) >= 11 is 0. The van der Waals surface area contributed by atoms with Crippen molar-refractivity contribution in [2.45, 2.75) is 54.9 Å². The van der Waals surface area contributed by atoms with Crippen LogP contribution in [0.4, 0.5) is 0 Å². The molecule has 0 unspecified atom stereocenters. The van der Waals surface area contributed by atoms with E-state index in [0.717, 1.165) is 12.0 Å². The Labute approximate surface area is 111 Å². The first-order chi connectivity index (χ1) is 8.00. The SMILES string of the molecule is Cc1cnc(C(=O)C(C)(C)C)cc1CC(C)(C)C. The summed E-state index contributed by atoms with van der Waals surface area (Å²) in [5, 5.41) is 0. The van der Waals surface area contributed by atoms with Gasteiger partial charge < -0.3 is 0 Å². The monoisotopic (exact) mass is 247 g/mol. The van der Waals surface area contributed by atoms with Crippen LogP contribution in [0, 0.1) is 17.8 Å². The molecule has 0 aliphatic carbocycles. The van der Waals surface area contributed by atoms with Gasteiger partial charge in [0, 0.05) is 11.6 Å². The summed E-state index contributed by atoms with van der Waals surface area (Å²) in [5.41, 5.74) is 2.82. The molecule has 18 heavy (non-hydrogen) atoms. The van der Waals surface area contributed by atoms with Gasteiger partial charge in [-0.25, -0.2) is 0 Å². The third-order valence-corrected chi connectivity index (χ3v) is 2.85. The van der Waals surface area contributed by atoms with Crippen LogP contribution < -0.4 is 0 Å². The smallest absolute Gasteiger partial charge is 0.186 e. The molecule has 0 spiro atoms. The van der Waals surface area contributed by atoms with Crippen LogP contribution in [0.2, 0.25) is 0 Å². The Morgan fingerprint density at radius 2 is 1.72 bits per heavy atom. The lowest BCUT2D eigenvalue weighted by molar-refractivity contribution is 0.0852. The minimum atomic E-state index is -0.374. The summed E-state index contributed by atoms with van der Waals surface area (Å²) in [6.45, 7) is 14.5. The molecule has 2 heteroatoms. The number of hydrogen-bond acceptors (Lipinski definition) is 2. The largest absolute Gasteiger partial charge is 0.292 e. The fraction of sp³-hybridized carbons (Fsp3) is 0.625. The van der Waals surface area contributed by atoms with E-state index >= 15 is 0 Å². The highest BCUT2D eigenvalue weighted by Crippen LogP contribution is 2.25. The van der Waals surface area contributed by atoms with E-state index in [1.165, 1.54) is 5.56 Å². The fourth-order valence-electron chi connectivity index (χ4n) is 1.84. The minimum Gasteiger partial charge on any atom is -0.292 e. The van der Waals surface area contributed by atoms with Crippen LogP contribution >= 0.6 is 0 Å². The molecule has 1 heterocycles. The summed E-state index contributed by atoms with van der Waals surface area (Å²) in [7, 11) is 0. The number of hydrogen-bond donors (Lipinski definition) is 0. The molecule has 0 amide bonds. The summed E-state index contributed by atoms with van der Waals surface area (Å²) in [5.74, 6) is 0.109. The molecule has 0 atom stereocenters. The first-order valence-electron chi connectivity index (χ1n) is 6.51. The second-order valence-corrected chi connectivity index (χ2v) is 7.31. The lowest BCUT2D eigenvalue weighted by atomic mass is 9.84. The summed E-state index contributed by atoms with van der Waals surface area (Å²) in [4.78, 5) is 16.5. The fourth-order valence-corrected chi connectivity index (χ4v) is 1.84. The Bertz CT molecular complexity index is 447. The van der Waals surface area contributed by atoms with Crippen LogP contribution in [0.3, 0.4) is 0 Å². The topological polar surface area (TPSA) is 30.0 Å². The van der Waals surface area contributed by atoms with Gasteiger partial charge in [-0.3, -0.25) is 9.78 Å². The maximum Gasteiger partial charge on any atom is 0.186 e. The van der Waals surface area contributed by atoms with Crippen molar-refractivity contribution in [1.29, 1.82) is 0 Å². The molecule has 100 valence electrons. The summed E-state index contributed by atoms with van der Waals surface area (Å²) in [6.07, 6.45) is 2.78. The van der Waals surface area contributed by atoms with Gasteiger partial charge in [-0.15, -0.1) is 0 Å². The van der Waals surface area contributed by atoms with Gasteiger partial charge in [-0.05, 0) is 36.0 Å². The van der Waals surface area contributed by atoms with Crippen molar-refractivity contribution in [2.75, 3.05) is 0 Å². The Morgan fingerprint density at radius 3 is 2.17 bits per heavy atom. The third kappa shape index (κ3) is 3.94. The van der Waals surface area contributed by atoms with E-state index in [-0.39, 0.29) is 16.6 Å². The van der Waals surface area contributed by atoms with Crippen LogP contribution in [0.5, 0.6) is 0 Å². The van der Waals surface area contributed by atoms with E-state index in [2.05, 4.69) is 32.7 Å². The number of aryl methyl sites for hydroxylation is 1. The zero-order chi connectivity index (χ0) is 14.1. The van der Waals surface area contributed by atoms with E-state index < -0.39 is 0 Å². The molecule has 0 saturated carbocycles. The average Bonchev–Trinajstić information content (AvgIpc) is 2.17. The molecule has 0 saturated heterocycles. The molecule has 1 rings (SSSR count). The normalized spacial score (nSPS) is 12.6. The highest BCUT2D eigenvalue weighted by Gasteiger charge is 2.25. The van der Waals surface area contributed by atoms with Crippen molar-refractivity contribution in [3.05, 3.63) is 29.1 Å². The molecular formula is C16H25NO. The molecule has 1 aromatic rings. The number of rotatable bonds is 2. The second kappa shape index (κ2) is 4.83. The molecule has 1 aromatic heterocycles. The third-order valence-electron chi connectivity index (χ3n) is 2.85. The Balaban J connectivity index is 3.13. The van der Waals surface area contributed by atoms with Crippen LogP contribution in [-0.4, -0.2) is 10.8 Å². The number of nitrogens with zero attached hydrogens (tertiary/aromatic N) is 1. The van der Waals surface area contributed by atoms with Gasteiger partial charge in [0.1, 0.15) is 5.69 Å². The molecule has 0 bridgehead atoms. The van der Waals surface area contributed by atoms with E-state index in [9.17, 15) is 4.79 Å². The highest BCUT2D eigenvalue weighted by molar-refractivity contribution is 5.98. The quantitative estimate of drug-likeness (QED) is 0.733. The van der Waals surface area contributed by atoms with Crippen molar-refractivity contribution in [3.63, 3.8) is 0 Å². The van der Waals surface area contributed by atoms with E-state index in [1.807, 2.05) is 33.0 Å². The van der Waals surface area contributed by atoms with Crippen LogP contribution in [0.1, 0.15) is 63.2 Å². The number of ketones is 1. The predicted molar refractivity (Wildman–Crippen MR) is 75.9 cm³/mol. The number of aromatic nitrogens is 1. The van der Waals surface area contributed by atoms with Crippen molar-refractivity contribution < 1.29 is 4.79 Å². The van der Waals surface area contributed by atoms with Gasteiger partial charge in [0.25, 0.3) is 0 Å². The van der Waals surface area contributed by atoms with Gasteiger partial charge >= 0.3 is 0 Å². The standard InChI is InChI=1S/C16H25NO/c1-11-10-17-13(14(18)16(5,6)7)8-12(11)9-15(2,3)4/h8,10H,9H2,1-7H3. The van der Waals surface area contributed by atoms with Crippen LogP contribution in [0.15, 0.2) is 12.3 Å². The maximum atomic E-state index is 12.2. The van der Waals surface area contributed by atoms with Gasteiger partial charge in [0.05, 0.1) is 0 Å². The first kappa shape index (κ1) is 14.9. The van der Waals surface area contributed by atoms with Gasteiger partial charge in [-0.2, -0.15) is 0 Å². The Morgan fingerprint density at radius 1 is 1.17 bits per heavy atom. The summed E-state index contributed by atoms with van der Waals surface area (Å²) < 4.78 is 0. The molecule has 0 N–H and O–H groups in total. The van der Waals surface area contributed by atoms with Crippen molar-refractivity contribution >= 4 is 5.78 Å². The molecule has 0 radical (unpaired) electrons. The lowest BCUT2D eigenvalue weighted by Crippen LogP contribution is -2.22. The first-order valence-corrected chi connectivity index (χ1v) is 6.51. The zero-order valence-electron chi connectivity index (χ0n) is 12.7. The number of carbonyl (C=O) groups is 1. The lowest BCUT2D eigenvalue weighted by Gasteiger charge is -2.21. The zero-order valence-corrected chi connectivity index (χ0v) is 12.7.